The van der Waals surface area contributed by atoms with Gasteiger partial charge in [0.15, 0.2) is 5.75 Å². The maximum Gasteiger partial charge on any atom is 0.320 e. The second kappa shape index (κ2) is 10.2. The van der Waals surface area contributed by atoms with Crippen LogP contribution in [0.1, 0.15) is 42.9 Å². The number of rotatable bonds is 9. The number of sulfonamides is 1. The second-order valence-electron chi connectivity index (χ2n) is 8.49. The number of pyridine rings is 1. The lowest BCUT2D eigenvalue weighted by Gasteiger charge is -2.23. The van der Waals surface area contributed by atoms with Gasteiger partial charge in [0.25, 0.3) is 0 Å². The number of para-hydroxylation sites is 1. The minimum Gasteiger partial charge on any atom is -0.487 e. The molecular weight excluding hydrogens is 456 g/mol. The summed E-state index contributed by atoms with van der Waals surface area (Å²) in [5, 5.41) is 9.85. The highest BCUT2D eigenvalue weighted by Crippen LogP contribution is 2.38. The Morgan fingerprint density at radius 3 is 2.44 bits per heavy atom. The number of ether oxygens (including phenoxy) is 1. The number of nitrogens with zero attached hydrogens (tertiary/aromatic N) is 1. The molecule has 1 fully saturated rings. The number of carboxylic acids is 1. The van der Waals surface area contributed by atoms with Crippen LogP contribution in [-0.4, -0.2) is 36.1 Å². The van der Waals surface area contributed by atoms with E-state index in [1.807, 2.05) is 41.1 Å². The van der Waals surface area contributed by atoms with Crippen LogP contribution in [0.3, 0.4) is 0 Å². The zero-order valence-corrected chi connectivity index (χ0v) is 19.3. The van der Waals surface area contributed by atoms with Crippen molar-refractivity contribution in [2.24, 2.45) is 5.92 Å². The highest BCUT2D eigenvalue weighted by atomic mass is 32.2. The van der Waals surface area contributed by atoms with Crippen molar-refractivity contribution < 1.29 is 27.9 Å². The van der Waals surface area contributed by atoms with Crippen LogP contribution in [0.4, 0.5) is 0 Å². The average Bonchev–Trinajstić information content (AvgIpc) is 3.31. The van der Waals surface area contributed by atoms with E-state index in [0.29, 0.717) is 11.3 Å². The quantitative estimate of drug-likeness (QED) is 0.477. The Morgan fingerprint density at radius 1 is 1.03 bits per heavy atom. The van der Waals surface area contributed by atoms with Gasteiger partial charge in [0, 0.05) is 5.39 Å². The van der Waals surface area contributed by atoms with Gasteiger partial charge in [0.2, 0.25) is 15.9 Å². The average molecular weight is 483 g/mol. The lowest BCUT2D eigenvalue weighted by atomic mass is 9.84. The summed E-state index contributed by atoms with van der Waals surface area (Å²) >= 11 is 0. The SMILES string of the molecule is O=C(O)CS(=O)(=O)NC(=O)C(c1ccc(OCc2ccc3ccccc3n2)cc1)C1CCCC1. The van der Waals surface area contributed by atoms with E-state index in [1.165, 1.54) is 0 Å². The molecular formula is C25H26N2O6S. The molecule has 8 nitrogen and oxygen atoms in total. The van der Waals surface area contributed by atoms with E-state index >= 15 is 0 Å². The molecule has 1 unspecified atom stereocenters. The maximum absolute atomic E-state index is 12.9. The highest BCUT2D eigenvalue weighted by molar-refractivity contribution is 7.90. The van der Waals surface area contributed by atoms with Crippen LogP contribution in [-0.2, 0) is 26.2 Å². The minimum absolute atomic E-state index is 0.00593. The molecule has 2 N–H and O–H groups in total. The van der Waals surface area contributed by atoms with Crippen LogP contribution in [0.5, 0.6) is 5.75 Å². The van der Waals surface area contributed by atoms with E-state index < -0.39 is 33.6 Å². The van der Waals surface area contributed by atoms with Crippen molar-refractivity contribution in [3.8, 4) is 5.75 Å². The van der Waals surface area contributed by atoms with Crippen molar-refractivity contribution in [1.82, 2.24) is 9.71 Å². The number of hydrogen-bond acceptors (Lipinski definition) is 6. The molecule has 1 saturated carbocycles. The van der Waals surface area contributed by atoms with Crippen LogP contribution in [0.2, 0.25) is 0 Å². The highest BCUT2D eigenvalue weighted by Gasteiger charge is 2.34. The summed E-state index contributed by atoms with van der Waals surface area (Å²) < 4.78 is 31.9. The third-order valence-corrected chi connectivity index (χ3v) is 7.14. The molecule has 34 heavy (non-hydrogen) atoms. The standard InChI is InChI=1S/C25H26N2O6S/c28-23(29)16-34(31,32)27-25(30)24(18-6-1-2-7-18)19-10-13-21(14-11-19)33-15-20-12-9-17-5-3-4-8-22(17)26-20/h3-5,8-14,18,24H,1-2,6-7,15-16H2,(H,27,30)(H,28,29). The van der Waals surface area contributed by atoms with Crippen molar-refractivity contribution >= 4 is 32.8 Å². The molecule has 0 aliphatic heterocycles. The maximum atomic E-state index is 12.9. The first-order chi connectivity index (χ1) is 16.3. The van der Waals surface area contributed by atoms with Gasteiger partial charge in [-0.1, -0.05) is 49.2 Å². The number of carboxylic acid groups (broad SMARTS) is 1. The molecule has 1 aliphatic rings. The van der Waals surface area contributed by atoms with Gasteiger partial charge >= 0.3 is 5.97 Å². The molecule has 2 aromatic carbocycles. The number of aliphatic carboxylic acids is 1. The molecule has 0 bridgehead atoms. The summed E-state index contributed by atoms with van der Waals surface area (Å²) in [7, 11) is -4.26. The second-order valence-corrected chi connectivity index (χ2v) is 10.2. The predicted octanol–water partition coefficient (Wildman–Crippen LogP) is 3.62. The molecule has 4 rings (SSSR count). The molecule has 1 aromatic heterocycles. The molecule has 1 amide bonds. The van der Waals surface area contributed by atoms with E-state index in [2.05, 4.69) is 4.98 Å². The van der Waals surface area contributed by atoms with Gasteiger partial charge in [-0.15, -0.1) is 0 Å². The molecule has 178 valence electrons. The molecule has 1 aliphatic carbocycles. The Balaban J connectivity index is 1.47. The number of carbonyl (C=O) groups excluding carboxylic acids is 1. The largest absolute Gasteiger partial charge is 0.487 e. The summed E-state index contributed by atoms with van der Waals surface area (Å²) in [5.41, 5.74) is 2.35. The minimum atomic E-state index is -4.26. The Morgan fingerprint density at radius 2 is 1.74 bits per heavy atom. The molecule has 1 heterocycles. The molecule has 0 spiro atoms. The fraction of sp³-hybridized carbons (Fsp3) is 0.320. The van der Waals surface area contributed by atoms with Gasteiger partial charge < -0.3 is 9.84 Å². The summed E-state index contributed by atoms with van der Waals surface area (Å²) in [4.78, 5) is 28.3. The van der Waals surface area contributed by atoms with E-state index in [9.17, 15) is 18.0 Å². The molecule has 1 atom stereocenters. The zero-order chi connectivity index (χ0) is 24.1. The summed E-state index contributed by atoms with van der Waals surface area (Å²) in [6.07, 6.45) is 3.55. The van der Waals surface area contributed by atoms with E-state index in [0.717, 1.165) is 42.3 Å². The Kier molecular flexibility index (Phi) is 7.12. The first-order valence-electron chi connectivity index (χ1n) is 11.1. The number of nitrogens with one attached hydrogen (secondary N) is 1. The Hall–Kier alpha value is -3.46. The van der Waals surface area contributed by atoms with E-state index in [4.69, 9.17) is 9.84 Å². The van der Waals surface area contributed by atoms with Gasteiger partial charge in [0.05, 0.1) is 17.1 Å². The molecule has 3 aromatic rings. The molecule has 9 heteroatoms. The lowest BCUT2D eigenvalue weighted by molar-refractivity contribution is -0.134. The molecule has 0 radical (unpaired) electrons. The van der Waals surface area contributed by atoms with Crippen molar-refractivity contribution in [2.75, 3.05) is 5.75 Å². The van der Waals surface area contributed by atoms with Crippen molar-refractivity contribution in [3.05, 3.63) is 71.9 Å². The number of amides is 1. The van der Waals surface area contributed by atoms with Gasteiger partial charge in [-0.05, 0) is 48.6 Å². The first-order valence-corrected chi connectivity index (χ1v) is 12.8. The van der Waals surface area contributed by atoms with Crippen molar-refractivity contribution in [2.45, 2.75) is 38.2 Å². The third kappa shape index (κ3) is 5.91. The van der Waals surface area contributed by atoms with Gasteiger partial charge in [-0.3, -0.25) is 14.3 Å². The number of carbonyl (C=O) groups is 2. The number of hydrogen-bond donors (Lipinski definition) is 2. The van der Waals surface area contributed by atoms with Crippen LogP contribution >= 0.6 is 0 Å². The summed E-state index contributed by atoms with van der Waals surface area (Å²) in [6, 6.07) is 18.8. The van der Waals surface area contributed by atoms with Crippen LogP contribution in [0, 0.1) is 5.92 Å². The normalized spacial score (nSPS) is 15.2. The van der Waals surface area contributed by atoms with Crippen LogP contribution < -0.4 is 9.46 Å². The monoisotopic (exact) mass is 482 g/mol. The zero-order valence-electron chi connectivity index (χ0n) is 18.5. The molecule has 0 saturated heterocycles. The predicted molar refractivity (Wildman–Crippen MR) is 127 cm³/mol. The summed E-state index contributed by atoms with van der Waals surface area (Å²) in [5.74, 6) is -3.44. The van der Waals surface area contributed by atoms with Crippen molar-refractivity contribution in [3.63, 3.8) is 0 Å². The van der Waals surface area contributed by atoms with E-state index in [-0.39, 0.29) is 12.5 Å². The third-order valence-electron chi connectivity index (χ3n) is 6.01. The van der Waals surface area contributed by atoms with Gasteiger partial charge in [-0.25, -0.2) is 13.4 Å². The topological polar surface area (TPSA) is 123 Å². The van der Waals surface area contributed by atoms with Crippen LogP contribution in [0.15, 0.2) is 60.7 Å². The smallest absolute Gasteiger partial charge is 0.320 e. The fourth-order valence-corrected chi connectivity index (χ4v) is 5.29. The van der Waals surface area contributed by atoms with Crippen LogP contribution in [0.25, 0.3) is 10.9 Å². The lowest BCUT2D eigenvalue weighted by Crippen LogP contribution is -2.39. The number of benzene rings is 2. The van der Waals surface area contributed by atoms with Gasteiger partial charge in [0.1, 0.15) is 12.4 Å². The van der Waals surface area contributed by atoms with Crippen molar-refractivity contribution in [1.29, 1.82) is 0 Å². The van der Waals surface area contributed by atoms with E-state index in [1.54, 1.807) is 24.3 Å². The fourth-order valence-electron chi connectivity index (χ4n) is 4.46. The first kappa shape index (κ1) is 23.7. The Labute approximate surface area is 198 Å². The van der Waals surface area contributed by atoms with Gasteiger partial charge in [-0.2, -0.15) is 0 Å². The Bertz CT molecular complexity index is 1280. The summed E-state index contributed by atoms with van der Waals surface area (Å²) in [6.45, 7) is 0.282. The number of fused-ring (bicyclic) bond motifs is 1. The number of aromatic nitrogens is 1.